The van der Waals surface area contributed by atoms with Gasteiger partial charge in [-0.2, -0.15) is 4.31 Å². The number of ether oxygens (including phenoxy) is 3. The van der Waals surface area contributed by atoms with E-state index < -0.39 is 22.0 Å². The lowest BCUT2D eigenvalue weighted by atomic mass is 10.1. The molecule has 8 nitrogen and oxygen atoms in total. The Balaban J connectivity index is 1.26. The van der Waals surface area contributed by atoms with Gasteiger partial charge in [0, 0.05) is 13.0 Å². The number of hydrogen-bond acceptors (Lipinski definition) is 6. The summed E-state index contributed by atoms with van der Waals surface area (Å²) in [5, 5.41) is 9.14. The predicted octanol–water partition coefficient (Wildman–Crippen LogP) is 5.13. The van der Waals surface area contributed by atoms with Gasteiger partial charge in [0.15, 0.2) is 0 Å². The van der Waals surface area contributed by atoms with Gasteiger partial charge in [-0.3, -0.25) is 4.79 Å². The van der Waals surface area contributed by atoms with Crippen molar-refractivity contribution in [2.75, 3.05) is 19.8 Å². The SMILES string of the molecule is CCCc1cc(Oc2ccccc2)ccc1OCCCOc1ccc(S(=O)(=O)N2CCC2C(=O)O)cc1. The van der Waals surface area contributed by atoms with E-state index in [4.69, 9.17) is 19.3 Å². The molecule has 196 valence electrons. The fourth-order valence-electron chi connectivity index (χ4n) is 4.02. The molecule has 1 aliphatic heterocycles. The summed E-state index contributed by atoms with van der Waals surface area (Å²) < 4.78 is 44.0. The highest BCUT2D eigenvalue weighted by Crippen LogP contribution is 2.30. The number of carboxylic acids is 1. The number of carbonyl (C=O) groups is 1. The Morgan fingerprint density at radius 2 is 1.65 bits per heavy atom. The zero-order valence-corrected chi connectivity index (χ0v) is 21.5. The highest BCUT2D eigenvalue weighted by atomic mass is 32.2. The summed E-state index contributed by atoms with van der Waals surface area (Å²) in [6.07, 6.45) is 2.82. The van der Waals surface area contributed by atoms with Crippen LogP contribution in [0.3, 0.4) is 0 Å². The highest BCUT2D eigenvalue weighted by Gasteiger charge is 2.42. The summed E-state index contributed by atoms with van der Waals surface area (Å²) in [6.45, 7) is 3.19. The molecule has 3 aromatic rings. The van der Waals surface area contributed by atoms with Gasteiger partial charge in [0.2, 0.25) is 10.0 Å². The van der Waals surface area contributed by atoms with Crippen molar-refractivity contribution in [2.45, 2.75) is 43.5 Å². The molecule has 1 unspecified atom stereocenters. The molecule has 0 aromatic heterocycles. The van der Waals surface area contributed by atoms with Gasteiger partial charge < -0.3 is 19.3 Å². The monoisotopic (exact) mass is 525 g/mol. The minimum absolute atomic E-state index is 0.0530. The van der Waals surface area contributed by atoms with Crippen molar-refractivity contribution in [3.8, 4) is 23.0 Å². The molecule has 1 fully saturated rings. The van der Waals surface area contributed by atoms with Gasteiger partial charge in [-0.05, 0) is 73.0 Å². The lowest BCUT2D eigenvalue weighted by Crippen LogP contribution is -2.54. The molecule has 0 spiro atoms. The molecule has 9 heteroatoms. The van der Waals surface area contributed by atoms with E-state index in [2.05, 4.69) is 6.92 Å². The molecule has 4 rings (SSSR count). The molecule has 1 atom stereocenters. The second kappa shape index (κ2) is 12.1. The number of aryl methyl sites for hydroxylation is 1. The highest BCUT2D eigenvalue weighted by molar-refractivity contribution is 7.89. The van der Waals surface area contributed by atoms with Crippen molar-refractivity contribution in [3.63, 3.8) is 0 Å². The van der Waals surface area contributed by atoms with Gasteiger partial charge in [0.25, 0.3) is 0 Å². The Bertz CT molecular complexity index is 1290. The number of nitrogens with zero attached hydrogens (tertiary/aromatic N) is 1. The van der Waals surface area contributed by atoms with Crippen LogP contribution in [0.15, 0.2) is 77.7 Å². The molecule has 3 aromatic carbocycles. The first-order valence-electron chi connectivity index (χ1n) is 12.3. The second-order valence-corrected chi connectivity index (χ2v) is 10.6. The number of benzene rings is 3. The van der Waals surface area contributed by atoms with Crippen LogP contribution in [0.1, 0.15) is 31.7 Å². The molecule has 1 saturated heterocycles. The Morgan fingerprint density at radius 3 is 2.30 bits per heavy atom. The maximum Gasteiger partial charge on any atom is 0.322 e. The van der Waals surface area contributed by atoms with Crippen LogP contribution in [-0.4, -0.2) is 49.6 Å². The summed E-state index contributed by atoms with van der Waals surface area (Å²) >= 11 is 0. The molecule has 1 aliphatic rings. The van der Waals surface area contributed by atoms with Crippen LogP contribution in [0.4, 0.5) is 0 Å². The van der Waals surface area contributed by atoms with Crippen molar-refractivity contribution in [1.82, 2.24) is 4.31 Å². The van der Waals surface area contributed by atoms with Gasteiger partial charge in [-0.1, -0.05) is 31.5 Å². The van der Waals surface area contributed by atoms with Crippen molar-refractivity contribution in [3.05, 3.63) is 78.4 Å². The number of hydrogen-bond donors (Lipinski definition) is 1. The third-order valence-corrected chi connectivity index (χ3v) is 7.95. The predicted molar refractivity (Wildman–Crippen MR) is 139 cm³/mol. The summed E-state index contributed by atoms with van der Waals surface area (Å²) in [5.41, 5.74) is 1.08. The summed E-state index contributed by atoms with van der Waals surface area (Å²) in [5.74, 6) is 1.78. The van der Waals surface area contributed by atoms with Crippen LogP contribution >= 0.6 is 0 Å². The second-order valence-electron chi connectivity index (χ2n) is 8.71. The summed E-state index contributed by atoms with van der Waals surface area (Å²) in [6, 6.07) is 20.5. The zero-order valence-electron chi connectivity index (χ0n) is 20.7. The molecule has 1 N–H and O–H groups in total. The van der Waals surface area contributed by atoms with Gasteiger partial charge >= 0.3 is 5.97 Å². The molecule has 0 amide bonds. The van der Waals surface area contributed by atoms with Gasteiger partial charge in [-0.25, -0.2) is 8.42 Å². The molecule has 1 heterocycles. The van der Waals surface area contributed by atoms with Crippen LogP contribution in [-0.2, 0) is 21.2 Å². The van der Waals surface area contributed by atoms with E-state index in [9.17, 15) is 13.2 Å². The maximum absolute atomic E-state index is 12.7. The molecule has 0 saturated carbocycles. The van der Waals surface area contributed by atoms with Crippen molar-refractivity contribution >= 4 is 16.0 Å². The van der Waals surface area contributed by atoms with E-state index in [1.165, 1.54) is 12.1 Å². The Labute approximate surface area is 217 Å². The molecule has 37 heavy (non-hydrogen) atoms. The Kier molecular flexibility index (Phi) is 8.68. The van der Waals surface area contributed by atoms with E-state index in [1.54, 1.807) is 12.1 Å². The Hall–Kier alpha value is -3.56. The van der Waals surface area contributed by atoms with Crippen LogP contribution in [0, 0.1) is 0 Å². The molecular formula is C28H31NO7S. The van der Waals surface area contributed by atoms with E-state index >= 15 is 0 Å². The number of rotatable bonds is 13. The molecule has 0 bridgehead atoms. The minimum Gasteiger partial charge on any atom is -0.493 e. The lowest BCUT2D eigenvalue weighted by molar-refractivity contribution is -0.144. The first kappa shape index (κ1) is 26.5. The largest absolute Gasteiger partial charge is 0.493 e. The fraction of sp³-hybridized carbons (Fsp3) is 0.321. The fourth-order valence-corrected chi connectivity index (χ4v) is 5.65. The van der Waals surface area contributed by atoms with Crippen LogP contribution in [0.2, 0.25) is 0 Å². The van der Waals surface area contributed by atoms with E-state index in [0.717, 1.165) is 40.0 Å². The third-order valence-electron chi connectivity index (χ3n) is 6.03. The van der Waals surface area contributed by atoms with Gasteiger partial charge in [0.05, 0.1) is 18.1 Å². The Morgan fingerprint density at radius 1 is 0.946 bits per heavy atom. The van der Waals surface area contributed by atoms with E-state index in [-0.39, 0.29) is 11.4 Å². The van der Waals surface area contributed by atoms with E-state index in [0.29, 0.717) is 31.8 Å². The molecular weight excluding hydrogens is 494 g/mol. The number of carboxylic acid groups (broad SMARTS) is 1. The third kappa shape index (κ3) is 6.61. The van der Waals surface area contributed by atoms with Crippen LogP contribution in [0.25, 0.3) is 0 Å². The van der Waals surface area contributed by atoms with E-state index in [1.807, 2.05) is 48.5 Å². The molecule has 0 aliphatic carbocycles. The average Bonchev–Trinajstić information content (AvgIpc) is 2.85. The van der Waals surface area contributed by atoms with Crippen LogP contribution in [0.5, 0.6) is 23.0 Å². The number of para-hydroxylation sites is 1. The quantitative estimate of drug-likeness (QED) is 0.309. The lowest BCUT2D eigenvalue weighted by Gasteiger charge is -2.36. The van der Waals surface area contributed by atoms with Gasteiger partial charge in [-0.15, -0.1) is 0 Å². The van der Waals surface area contributed by atoms with Crippen LogP contribution < -0.4 is 14.2 Å². The first-order valence-corrected chi connectivity index (χ1v) is 13.8. The van der Waals surface area contributed by atoms with Crippen molar-refractivity contribution < 1.29 is 32.5 Å². The number of sulfonamides is 1. The minimum atomic E-state index is -3.83. The number of aliphatic carboxylic acids is 1. The summed E-state index contributed by atoms with van der Waals surface area (Å²) in [7, 11) is -3.83. The zero-order chi connectivity index (χ0) is 26.3. The topological polar surface area (TPSA) is 102 Å². The maximum atomic E-state index is 12.7. The molecule has 0 radical (unpaired) electrons. The summed E-state index contributed by atoms with van der Waals surface area (Å²) in [4.78, 5) is 11.2. The van der Waals surface area contributed by atoms with Crippen molar-refractivity contribution in [1.29, 1.82) is 0 Å². The normalized spacial score (nSPS) is 15.5. The van der Waals surface area contributed by atoms with Gasteiger partial charge in [0.1, 0.15) is 29.0 Å². The average molecular weight is 526 g/mol. The smallest absolute Gasteiger partial charge is 0.322 e. The first-order chi connectivity index (χ1) is 17.9. The van der Waals surface area contributed by atoms with Crippen molar-refractivity contribution in [2.24, 2.45) is 0 Å². The standard InChI is InChI=1S/C28H31NO7S/c1-2-7-21-20-24(36-23-8-4-3-5-9-23)12-15-27(21)35-19-6-18-34-22-10-13-25(14-11-22)37(32,33)29-17-16-26(29)28(30)31/h3-5,8-15,20,26H,2,6-7,16-19H2,1H3,(H,30,31).